The first-order valence-corrected chi connectivity index (χ1v) is 13.5. The minimum absolute atomic E-state index is 0.178. The fourth-order valence-electron chi connectivity index (χ4n) is 4.45. The molecule has 2 rings (SSSR count). The monoisotopic (exact) mass is 515 g/mol. The molecular weight excluding hydrogens is 470 g/mol. The number of nitrogens with zero attached hydrogens (tertiary/aromatic N) is 2. The predicted octanol–water partition coefficient (Wildman–Crippen LogP) is 7.65. The summed E-state index contributed by atoms with van der Waals surface area (Å²) in [6.45, 7) is 17.7. The zero-order valence-corrected chi connectivity index (χ0v) is 24.0. The molecule has 0 saturated carbocycles. The number of allylic oxidation sites excluding steroid dienone is 5. The van der Waals surface area contributed by atoms with Crippen molar-refractivity contribution in [1.29, 1.82) is 0 Å². The van der Waals surface area contributed by atoms with Crippen molar-refractivity contribution in [2.24, 2.45) is 5.92 Å². The minimum atomic E-state index is -0.509. The van der Waals surface area contributed by atoms with E-state index in [0.717, 1.165) is 59.5 Å². The van der Waals surface area contributed by atoms with E-state index in [1.807, 2.05) is 37.4 Å². The number of anilines is 1. The Kier molecular flexibility index (Phi) is 12.4. The van der Waals surface area contributed by atoms with E-state index in [2.05, 4.69) is 81.3 Å². The van der Waals surface area contributed by atoms with Crippen LogP contribution in [0, 0.1) is 5.92 Å². The molecule has 38 heavy (non-hydrogen) atoms. The van der Waals surface area contributed by atoms with E-state index < -0.39 is 6.04 Å². The molecule has 2 aromatic rings. The molecule has 5 nitrogen and oxygen atoms in total. The third-order valence-electron chi connectivity index (χ3n) is 6.72. The lowest BCUT2D eigenvalue weighted by molar-refractivity contribution is -0.107. The van der Waals surface area contributed by atoms with Gasteiger partial charge in [0.15, 0.2) is 0 Å². The Morgan fingerprint density at radius 2 is 1.84 bits per heavy atom. The van der Waals surface area contributed by atoms with Gasteiger partial charge in [0.1, 0.15) is 11.8 Å². The molecule has 0 aliphatic heterocycles. The standard InChI is InChI=1S/C33H45N3O2/c1-9-12-14-15-31(38-8)33(32(26(6)25(4)5)30(11-3)34-7)36(24-37)29-18-16-27(17-19-29)28-20-22-35(23-28)21-13-10-2/h9,12,14-20,22-25,33-34H,1,6,10-11,13,21H2,2-5,7-8H3/b14-12-,31-15-,32-30+. The predicted molar refractivity (Wildman–Crippen MR) is 162 cm³/mol. The molecule has 1 atom stereocenters. The maximum absolute atomic E-state index is 12.8. The second-order valence-corrected chi connectivity index (χ2v) is 9.52. The van der Waals surface area contributed by atoms with E-state index in [-0.39, 0.29) is 5.92 Å². The van der Waals surface area contributed by atoms with E-state index in [9.17, 15) is 4.79 Å². The number of carbonyl (C=O) groups is 1. The number of carbonyl (C=O) groups excluding carboxylic acids is 1. The summed E-state index contributed by atoms with van der Waals surface area (Å²) in [4.78, 5) is 14.5. The van der Waals surface area contributed by atoms with Gasteiger partial charge in [0.2, 0.25) is 6.41 Å². The molecule has 1 amide bonds. The molecule has 1 heterocycles. The number of methoxy groups -OCH3 is 1. The molecule has 204 valence electrons. The Bertz CT molecular complexity index is 1140. The highest BCUT2D eigenvalue weighted by Gasteiger charge is 2.32. The van der Waals surface area contributed by atoms with Gasteiger partial charge in [-0.3, -0.25) is 4.79 Å². The van der Waals surface area contributed by atoms with Crippen molar-refractivity contribution < 1.29 is 9.53 Å². The Morgan fingerprint density at radius 1 is 1.13 bits per heavy atom. The number of amides is 1. The largest absolute Gasteiger partial charge is 0.499 e. The molecule has 5 heteroatoms. The van der Waals surface area contributed by atoms with Crippen LogP contribution in [0.5, 0.6) is 0 Å². The first-order valence-electron chi connectivity index (χ1n) is 13.5. The number of nitrogens with one attached hydrogen (secondary N) is 1. The number of unbranched alkanes of at least 4 members (excludes halogenated alkanes) is 1. The fraction of sp³-hybridized carbons (Fsp3) is 0.364. The minimum Gasteiger partial charge on any atom is -0.499 e. The van der Waals surface area contributed by atoms with Crippen LogP contribution < -0.4 is 10.2 Å². The summed E-state index contributed by atoms with van der Waals surface area (Å²) >= 11 is 0. The Hall–Kier alpha value is -3.73. The molecule has 1 N–H and O–H groups in total. The van der Waals surface area contributed by atoms with Gasteiger partial charge in [-0.2, -0.15) is 0 Å². The second-order valence-electron chi connectivity index (χ2n) is 9.52. The van der Waals surface area contributed by atoms with Gasteiger partial charge in [-0.25, -0.2) is 0 Å². The van der Waals surface area contributed by atoms with E-state index in [1.165, 1.54) is 6.42 Å². The zero-order chi connectivity index (χ0) is 28.1. The number of aryl methyl sites for hydroxylation is 1. The third kappa shape index (κ3) is 7.64. The summed E-state index contributed by atoms with van der Waals surface area (Å²) < 4.78 is 8.14. The summed E-state index contributed by atoms with van der Waals surface area (Å²) in [6.07, 6.45) is 15.6. The number of hydrogen-bond acceptors (Lipinski definition) is 3. The molecule has 0 aliphatic rings. The van der Waals surface area contributed by atoms with Crippen LogP contribution in [0.3, 0.4) is 0 Å². The molecule has 0 fully saturated rings. The molecule has 1 aromatic heterocycles. The highest BCUT2D eigenvalue weighted by Crippen LogP contribution is 2.34. The van der Waals surface area contributed by atoms with E-state index in [1.54, 1.807) is 18.1 Å². The number of hydrogen-bond donors (Lipinski definition) is 1. The van der Waals surface area contributed by atoms with E-state index >= 15 is 0 Å². The second kappa shape index (κ2) is 15.5. The third-order valence-corrected chi connectivity index (χ3v) is 6.72. The van der Waals surface area contributed by atoms with Crippen LogP contribution in [-0.2, 0) is 16.1 Å². The van der Waals surface area contributed by atoms with Gasteiger partial charge < -0.3 is 19.5 Å². The molecular formula is C33H45N3O2. The van der Waals surface area contributed by atoms with Crippen molar-refractivity contribution in [1.82, 2.24) is 9.88 Å². The summed E-state index contributed by atoms with van der Waals surface area (Å²) in [5.74, 6) is 0.808. The summed E-state index contributed by atoms with van der Waals surface area (Å²) in [6, 6.07) is 9.74. The topological polar surface area (TPSA) is 46.5 Å². The maximum atomic E-state index is 12.8. The van der Waals surface area contributed by atoms with Crippen molar-refractivity contribution in [2.45, 2.75) is 59.5 Å². The molecule has 0 radical (unpaired) electrons. The SMILES string of the molecule is C=C/C=C\C=C(/OC)C(/C(C(=C)C(C)C)=C(\CC)NC)N(C=O)c1ccc(-c2ccn(CCCC)c2)cc1. The van der Waals surface area contributed by atoms with Crippen molar-refractivity contribution in [3.05, 3.63) is 103 Å². The van der Waals surface area contributed by atoms with Crippen molar-refractivity contribution >= 4 is 12.1 Å². The smallest absolute Gasteiger partial charge is 0.215 e. The summed E-state index contributed by atoms with van der Waals surface area (Å²) in [5, 5.41) is 3.35. The summed E-state index contributed by atoms with van der Waals surface area (Å²) in [5.41, 5.74) is 5.96. The lowest BCUT2D eigenvalue weighted by atomic mass is 9.87. The van der Waals surface area contributed by atoms with Crippen LogP contribution in [0.4, 0.5) is 5.69 Å². The highest BCUT2D eigenvalue weighted by atomic mass is 16.5. The van der Waals surface area contributed by atoms with Gasteiger partial charge in [-0.1, -0.05) is 77.6 Å². The first kappa shape index (κ1) is 30.5. The molecule has 0 aliphatic carbocycles. The van der Waals surface area contributed by atoms with Crippen LogP contribution in [-0.4, -0.2) is 31.2 Å². The van der Waals surface area contributed by atoms with Crippen LogP contribution in [0.15, 0.2) is 103 Å². The highest BCUT2D eigenvalue weighted by molar-refractivity contribution is 5.80. The van der Waals surface area contributed by atoms with Gasteiger partial charge in [0, 0.05) is 42.9 Å². The Morgan fingerprint density at radius 3 is 2.37 bits per heavy atom. The zero-order valence-electron chi connectivity index (χ0n) is 24.0. The van der Waals surface area contributed by atoms with Gasteiger partial charge >= 0.3 is 0 Å². The average Bonchev–Trinajstić information content (AvgIpc) is 3.41. The average molecular weight is 516 g/mol. The molecule has 0 saturated heterocycles. The normalized spacial score (nSPS) is 13.3. The number of ether oxygens (including phenoxy) is 1. The molecule has 1 unspecified atom stereocenters. The quantitative estimate of drug-likeness (QED) is 0.142. The van der Waals surface area contributed by atoms with Gasteiger partial charge in [-0.05, 0) is 59.7 Å². The number of aromatic nitrogens is 1. The van der Waals surface area contributed by atoms with Gasteiger partial charge in [-0.15, -0.1) is 0 Å². The van der Waals surface area contributed by atoms with Gasteiger partial charge in [0.25, 0.3) is 0 Å². The fourth-order valence-corrected chi connectivity index (χ4v) is 4.45. The Balaban J connectivity index is 2.64. The van der Waals surface area contributed by atoms with E-state index in [4.69, 9.17) is 4.74 Å². The van der Waals surface area contributed by atoms with Crippen molar-refractivity contribution in [3.63, 3.8) is 0 Å². The molecule has 0 bridgehead atoms. The first-order chi connectivity index (χ1) is 18.4. The van der Waals surface area contributed by atoms with Crippen LogP contribution in [0.25, 0.3) is 11.1 Å². The van der Waals surface area contributed by atoms with E-state index in [0.29, 0.717) is 5.76 Å². The number of benzene rings is 1. The Labute approximate surface area is 229 Å². The van der Waals surface area contributed by atoms with Crippen molar-refractivity contribution in [3.8, 4) is 11.1 Å². The van der Waals surface area contributed by atoms with Crippen LogP contribution >= 0.6 is 0 Å². The van der Waals surface area contributed by atoms with Crippen molar-refractivity contribution in [2.75, 3.05) is 19.1 Å². The lowest BCUT2D eigenvalue weighted by Gasteiger charge is -2.35. The van der Waals surface area contributed by atoms with Crippen LogP contribution in [0.1, 0.15) is 47.0 Å². The summed E-state index contributed by atoms with van der Waals surface area (Å²) in [7, 11) is 3.54. The number of rotatable bonds is 16. The van der Waals surface area contributed by atoms with Gasteiger partial charge in [0.05, 0.1) is 7.11 Å². The lowest BCUT2D eigenvalue weighted by Crippen LogP contribution is -2.40. The molecule has 1 aromatic carbocycles. The molecule has 0 spiro atoms. The maximum Gasteiger partial charge on any atom is 0.215 e. The van der Waals surface area contributed by atoms with Crippen LogP contribution in [0.2, 0.25) is 0 Å².